The van der Waals surface area contributed by atoms with Crippen molar-refractivity contribution < 1.29 is 9.59 Å². The van der Waals surface area contributed by atoms with Crippen molar-refractivity contribution in [2.45, 2.75) is 46.1 Å². The first kappa shape index (κ1) is 18.2. The molecular weight excluding hydrogens is 332 g/mol. The number of carbonyl (C=O) groups is 2. The van der Waals surface area contributed by atoms with Gasteiger partial charge in [-0.2, -0.15) is 5.26 Å². The van der Waals surface area contributed by atoms with Crippen LogP contribution >= 0.6 is 0 Å². The number of aromatic amines is 1. The summed E-state index contributed by atoms with van der Waals surface area (Å²) in [5, 5.41) is 9.05. The lowest BCUT2D eigenvalue weighted by Crippen LogP contribution is -2.52. The van der Waals surface area contributed by atoms with Gasteiger partial charge in [0.1, 0.15) is 11.6 Å². The first-order valence-electron chi connectivity index (χ1n) is 9.03. The minimum Gasteiger partial charge on any atom is -0.340 e. The van der Waals surface area contributed by atoms with Crippen LogP contribution in [-0.2, 0) is 4.79 Å². The predicted octanol–water partition coefficient (Wildman–Crippen LogP) is 1.42. The number of amides is 2. The Morgan fingerprint density at radius 1 is 1.31 bits per heavy atom. The summed E-state index contributed by atoms with van der Waals surface area (Å²) in [4.78, 5) is 43.8. The number of H-pyrrole nitrogens is 1. The van der Waals surface area contributed by atoms with Crippen molar-refractivity contribution in [2.75, 3.05) is 19.6 Å². The summed E-state index contributed by atoms with van der Waals surface area (Å²) in [5.74, 6) is -0.0912. The Labute approximate surface area is 152 Å². The van der Waals surface area contributed by atoms with E-state index in [1.807, 2.05) is 24.8 Å². The molecule has 138 valence electrons. The number of hydrogen-bond donors (Lipinski definition) is 1. The maximum Gasteiger partial charge on any atom is 0.266 e. The number of hydrogen-bond acceptors (Lipinski definition) is 4. The SMILES string of the molecule is Cc1[nH]c(=O)c(C#N)cc1C(=O)N1CCC2(CCCN(C(C)C)C2=O)C1. The highest BCUT2D eigenvalue weighted by Gasteiger charge is 2.49. The van der Waals surface area contributed by atoms with Crippen LogP contribution in [0.3, 0.4) is 0 Å². The Bertz CT molecular complexity index is 851. The second-order valence-corrected chi connectivity index (χ2v) is 7.62. The smallest absolute Gasteiger partial charge is 0.266 e. The molecule has 2 fully saturated rings. The van der Waals surface area contributed by atoms with Crippen LogP contribution in [0.25, 0.3) is 0 Å². The molecule has 0 aromatic carbocycles. The van der Waals surface area contributed by atoms with Gasteiger partial charge in [0, 0.05) is 31.4 Å². The minimum absolute atomic E-state index is 0.0763. The Hall–Kier alpha value is -2.62. The van der Waals surface area contributed by atoms with E-state index in [2.05, 4.69) is 4.98 Å². The molecule has 2 amide bonds. The average molecular weight is 356 g/mol. The predicted molar refractivity (Wildman–Crippen MR) is 95.6 cm³/mol. The van der Waals surface area contributed by atoms with Crippen LogP contribution in [0.5, 0.6) is 0 Å². The maximum absolute atomic E-state index is 13.0. The van der Waals surface area contributed by atoms with Crippen LogP contribution < -0.4 is 5.56 Å². The van der Waals surface area contributed by atoms with E-state index in [9.17, 15) is 14.4 Å². The van der Waals surface area contributed by atoms with Crippen LogP contribution in [0.4, 0.5) is 0 Å². The van der Waals surface area contributed by atoms with E-state index in [1.54, 1.807) is 11.8 Å². The normalized spacial score (nSPS) is 23.0. The van der Waals surface area contributed by atoms with Crippen molar-refractivity contribution in [3.8, 4) is 6.07 Å². The summed E-state index contributed by atoms with van der Waals surface area (Å²) >= 11 is 0. The van der Waals surface area contributed by atoms with Crippen molar-refractivity contribution in [2.24, 2.45) is 5.41 Å². The summed E-state index contributed by atoms with van der Waals surface area (Å²) < 4.78 is 0. The zero-order valence-electron chi connectivity index (χ0n) is 15.5. The summed E-state index contributed by atoms with van der Waals surface area (Å²) in [6.45, 7) is 7.36. The molecule has 3 rings (SSSR count). The van der Waals surface area contributed by atoms with E-state index in [0.717, 1.165) is 19.4 Å². The fraction of sp³-hybridized carbons (Fsp3) is 0.579. The molecule has 3 heterocycles. The summed E-state index contributed by atoms with van der Waals surface area (Å²) in [5.41, 5.74) is -0.297. The fourth-order valence-corrected chi connectivity index (χ4v) is 4.12. The van der Waals surface area contributed by atoms with Gasteiger partial charge in [-0.15, -0.1) is 0 Å². The van der Waals surface area contributed by atoms with E-state index >= 15 is 0 Å². The Morgan fingerprint density at radius 2 is 2.04 bits per heavy atom. The number of pyridine rings is 1. The van der Waals surface area contributed by atoms with Gasteiger partial charge in [-0.25, -0.2) is 0 Å². The van der Waals surface area contributed by atoms with E-state index < -0.39 is 11.0 Å². The lowest BCUT2D eigenvalue weighted by Gasteiger charge is -2.41. The van der Waals surface area contributed by atoms with E-state index in [0.29, 0.717) is 30.8 Å². The molecule has 0 aliphatic carbocycles. The number of nitrogens with one attached hydrogen (secondary N) is 1. The first-order valence-corrected chi connectivity index (χ1v) is 9.03. The molecule has 1 atom stereocenters. The molecule has 1 aromatic heterocycles. The first-order chi connectivity index (χ1) is 12.3. The molecule has 2 saturated heterocycles. The standard InChI is InChI=1S/C19H24N4O3/c1-12(2)23-7-4-5-19(18(23)26)6-8-22(11-19)17(25)15-9-14(10-20)16(24)21-13(15)3/h9,12H,4-8,11H2,1-3H3,(H,21,24). The number of carbonyl (C=O) groups excluding carboxylic acids is 2. The monoisotopic (exact) mass is 356 g/mol. The molecule has 2 aliphatic heterocycles. The molecule has 0 bridgehead atoms. The number of rotatable bonds is 2. The second-order valence-electron chi connectivity index (χ2n) is 7.62. The molecule has 7 heteroatoms. The van der Waals surface area contributed by atoms with Gasteiger partial charge in [0.25, 0.3) is 11.5 Å². The zero-order chi connectivity index (χ0) is 19.1. The topological polar surface area (TPSA) is 97.3 Å². The molecule has 1 spiro atoms. The zero-order valence-corrected chi connectivity index (χ0v) is 15.5. The molecule has 7 nitrogen and oxygen atoms in total. The van der Waals surface area contributed by atoms with E-state index in [4.69, 9.17) is 5.26 Å². The number of piperidine rings is 1. The Kier molecular flexibility index (Phi) is 4.61. The third-order valence-electron chi connectivity index (χ3n) is 5.62. The fourth-order valence-electron chi connectivity index (χ4n) is 4.12. The van der Waals surface area contributed by atoms with Crippen LogP contribution in [0.15, 0.2) is 10.9 Å². The quantitative estimate of drug-likeness (QED) is 0.866. The highest BCUT2D eigenvalue weighted by atomic mass is 16.2. The van der Waals surface area contributed by atoms with Gasteiger partial charge in [0.05, 0.1) is 11.0 Å². The van der Waals surface area contributed by atoms with Gasteiger partial charge >= 0.3 is 0 Å². The van der Waals surface area contributed by atoms with Gasteiger partial charge < -0.3 is 14.8 Å². The number of likely N-dealkylation sites (tertiary alicyclic amines) is 2. The van der Waals surface area contributed by atoms with Gasteiger partial charge in [0.2, 0.25) is 5.91 Å². The van der Waals surface area contributed by atoms with Crippen LogP contribution in [0.1, 0.15) is 54.7 Å². The molecule has 0 radical (unpaired) electrons. The van der Waals surface area contributed by atoms with Crippen molar-refractivity contribution in [1.82, 2.24) is 14.8 Å². The third-order valence-corrected chi connectivity index (χ3v) is 5.62. The molecule has 1 aromatic rings. The van der Waals surface area contributed by atoms with Crippen molar-refractivity contribution >= 4 is 11.8 Å². The Morgan fingerprint density at radius 3 is 2.69 bits per heavy atom. The number of nitrogens with zero attached hydrogens (tertiary/aromatic N) is 3. The highest BCUT2D eigenvalue weighted by molar-refractivity contribution is 5.96. The third kappa shape index (κ3) is 2.90. The van der Waals surface area contributed by atoms with Gasteiger partial charge in [-0.3, -0.25) is 14.4 Å². The summed E-state index contributed by atoms with van der Waals surface area (Å²) in [6, 6.07) is 3.32. The number of aryl methyl sites for hydroxylation is 1. The molecule has 1 unspecified atom stereocenters. The highest BCUT2D eigenvalue weighted by Crippen LogP contribution is 2.41. The van der Waals surface area contributed by atoms with Crippen LogP contribution in [0, 0.1) is 23.7 Å². The van der Waals surface area contributed by atoms with Crippen molar-refractivity contribution in [1.29, 1.82) is 5.26 Å². The Balaban J connectivity index is 1.85. The van der Waals surface area contributed by atoms with E-state index in [-0.39, 0.29) is 23.4 Å². The minimum atomic E-state index is -0.494. The number of aromatic nitrogens is 1. The van der Waals surface area contributed by atoms with Crippen molar-refractivity contribution in [3.05, 3.63) is 33.2 Å². The molecular formula is C19H24N4O3. The average Bonchev–Trinajstić information content (AvgIpc) is 3.02. The van der Waals surface area contributed by atoms with E-state index in [1.165, 1.54) is 6.07 Å². The van der Waals surface area contributed by atoms with Gasteiger partial charge in [-0.05, 0) is 46.1 Å². The van der Waals surface area contributed by atoms with Crippen LogP contribution in [0.2, 0.25) is 0 Å². The van der Waals surface area contributed by atoms with Gasteiger partial charge in [-0.1, -0.05) is 0 Å². The second kappa shape index (κ2) is 6.60. The molecule has 2 aliphatic rings. The number of nitriles is 1. The molecule has 0 saturated carbocycles. The molecule has 1 N–H and O–H groups in total. The molecule has 26 heavy (non-hydrogen) atoms. The van der Waals surface area contributed by atoms with Crippen LogP contribution in [-0.4, -0.2) is 52.3 Å². The van der Waals surface area contributed by atoms with Crippen molar-refractivity contribution in [3.63, 3.8) is 0 Å². The lowest BCUT2D eigenvalue weighted by molar-refractivity contribution is -0.147. The summed E-state index contributed by atoms with van der Waals surface area (Å²) in [7, 11) is 0. The summed E-state index contributed by atoms with van der Waals surface area (Å²) in [6.07, 6.45) is 2.41. The van der Waals surface area contributed by atoms with Gasteiger partial charge in [0.15, 0.2) is 0 Å². The largest absolute Gasteiger partial charge is 0.340 e. The lowest BCUT2D eigenvalue weighted by atomic mass is 9.78. The maximum atomic E-state index is 13.0.